The van der Waals surface area contributed by atoms with Gasteiger partial charge in [0.15, 0.2) is 18.0 Å². The highest BCUT2D eigenvalue weighted by Crippen LogP contribution is 2.42. The number of pyridine rings is 1. The van der Waals surface area contributed by atoms with Gasteiger partial charge in [0.05, 0.1) is 0 Å². The molecule has 2 bridgehead atoms. The predicted molar refractivity (Wildman–Crippen MR) is 119 cm³/mol. The number of anilines is 2. The molecule has 0 aromatic carbocycles. The van der Waals surface area contributed by atoms with Crippen molar-refractivity contribution in [1.82, 2.24) is 24.6 Å². The summed E-state index contributed by atoms with van der Waals surface area (Å²) in [6.07, 6.45) is 1.49. The van der Waals surface area contributed by atoms with Crippen molar-refractivity contribution in [3.63, 3.8) is 0 Å². The molecule has 8 nitrogen and oxygen atoms in total. The van der Waals surface area contributed by atoms with Crippen molar-refractivity contribution in [1.29, 1.82) is 0 Å². The molecule has 3 aromatic rings. The number of aromatic nitrogens is 5. The first-order chi connectivity index (χ1) is 16.3. The number of fused-ring (bicyclic) bond motifs is 3. The summed E-state index contributed by atoms with van der Waals surface area (Å²) in [5, 5.41) is 8.18. The van der Waals surface area contributed by atoms with Crippen LogP contribution in [0.4, 0.5) is 24.9 Å². The summed E-state index contributed by atoms with van der Waals surface area (Å²) in [6.45, 7) is 2.37. The largest absolute Gasteiger partial charge is 0.480 e. The molecule has 2 aliphatic carbocycles. The van der Waals surface area contributed by atoms with Gasteiger partial charge >= 0.3 is 6.18 Å². The number of aryl methyl sites for hydroxylation is 1. The van der Waals surface area contributed by atoms with Gasteiger partial charge in [-0.25, -0.2) is 14.5 Å². The molecule has 1 aliphatic heterocycles. The molecule has 3 aliphatic rings. The molecule has 1 saturated heterocycles. The Kier molecular flexibility index (Phi) is 5.03. The lowest BCUT2D eigenvalue weighted by atomic mass is 9.92. The zero-order valence-electron chi connectivity index (χ0n) is 18.8. The van der Waals surface area contributed by atoms with Gasteiger partial charge in [-0.1, -0.05) is 0 Å². The fourth-order valence-electron chi connectivity index (χ4n) is 5.39. The molecular weight excluding hydrogens is 447 g/mol. The number of nitrogens with one attached hydrogen (secondary N) is 1. The minimum Gasteiger partial charge on any atom is -0.480 e. The van der Waals surface area contributed by atoms with E-state index < -0.39 is 12.8 Å². The van der Waals surface area contributed by atoms with Crippen molar-refractivity contribution in [2.75, 3.05) is 29.9 Å². The van der Waals surface area contributed by atoms with E-state index in [2.05, 4.69) is 30.3 Å². The highest BCUT2D eigenvalue weighted by molar-refractivity contribution is 5.58. The summed E-state index contributed by atoms with van der Waals surface area (Å²) in [5.74, 6) is 2.67. The van der Waals surface area contributed by atoms with Crippen LogP contribution in [0, 0.1) is 18.8 Å². The molecule has 0 unspecified atom stereocenters. The first-order valence-electron chi connectivity index (χ1n) is 11.7. The minimum atomic E-state index is -4.41. The Hall–Kier alpha value is -3.11. The second kappa shape index (κ2) is 7.99. The zero-order chi connectivity index (χ0) is 23.4. The molecule has 1 N–H and O–H groups in total. The second-order valence-electron chi connectivity index (χ2n) is 9.66. The monoisotopic (exact) mass is 473 g/mol. The second-order valence-corrected chi connectivity index (χ2v) is 9.66. The van der Waals surface area contributed by atoms with Crippen molar-refractivity contribution in [3.05, 3.63) is 35.9 Å². The number of ether oxygens (including phenoxy) is 1. The van der Waals surface area contributed by atoms with E-state index in [1.807, 2.05) is 13.0 Å². The lowest BCUT2D eigenvalue weighted by molar-refractivity contribution is -0.153. The quantitative estimate of drug-likeness (QED) is 0.580. The first-order valence-corrected chi connectivity index (χ1v) is 11.7. The molecule has 3 aromatic heterocycles. The topological polar surface area (TPSA) is 80.5 Å². The van der Waals surface area contributed by atoms with E-state index in [1.54, 1.807) is 23.0 Å². The first kappa shape index (κ1) is 21.4. The summed E-state index contributed by atoms with van der Waals surface area (Å²) < 4.78 is 45.0. The van der Waals surface area contributed by atoms with E-state index in [0.29, 0.717) is 29.3 Å². The fraction of sp³-hybridized carbons (Fsp3) is 0.565. The van der Waals surface area contributed by atoms with Gasteiger partial charge < -0.3 is 15.0 Å². The van der Waals surface area contributed by atoms with Crippen LogP contribution >= 0.6 is 0 Å². The summed E-state index contributed by atoms with van der Waals surface area (Å²) in [5.41, 5.74) is 2.24. The molecule has 3 fully saturated rings. The van der Waals surface area contributed by atoms with Crippen LogP contribution < -0.4 is 15.0 Å². The van der Waals surface area contributed by atoms with E-state index in [4.69, 9.17) is 4.74 Å². The van der Waals surface area contributed by atoms with Gasteiger partial charge in [-0.2, -0.15) is 18.2 Å². The third-order valence-corrected chi connectivity index (χ3v) is 7.11. The van der Waals surface area contributed by atoms with E-state index in [9.17, 15) is 13.2 Å². The summed E-state index contributed by atoms with van der Waals surface area (Å²) in [7, 11) is 0. The maximum absolute atomic E-state index is 12.8. The summed E-state index contributed by atoms with van der Waals surface area (Å²) in [6, 6.07) is 5.61. The molecule has 34 heavy (non-hydrogen) atoms. The van der Waals surface area contributed by atoms with Gasteiger partial charge in [-0.3, -0.25) is 0 Å². The van der Waals surface area contributed by atoms with Crippen molar-refractivity contribution in [3.8, 4) is 5.75 Å². The molecule has 0 radical (unpaired) electrons. The lowest BCUT2D eigenvalue weighted by Gasteiger charge is -2.38. The zero-order valence-corrected chi connectivity index (χ0v) is 18.8. The highest BCUT2D eigenvalue weighted by Gasteiger charge is 2.43. The van der Waals surface area contributed by atoms with Crippen LogP contribution in [-0.4, -0.2) is 56.5 Å². The standard InChI is InChI=1S/C23H26F3N7O/c1-13-8-19(28-12-27-13)32-9-15-4-5-16(10-32)20(15)29-22-30-21-18(34-11-23(24,25)26)7-6-17(14-2-3-14)33(21)31-22/h6-8,12,14-16,20H,2-5,9-11H2,1H3,(H,29,31)/t15-,16+,20+. The van der Waals surface area contributed by atoms with Crippen LogP contribution in [-0.2, 0) is 0 Å². The fourth-order valence-corrected chi connectivity index (χ4v) is 5.39. The van der Waals surface area contributed by atoms with Gasteiger partial charge in [0, 0.05) is 42.5 Å². The molecule has 0 spiro atoms. The van der Waals surface area contributed by atoms with Crippen LogP contribution in [0.3, 0.4) is 0 Å². The smallest absolute Gasteiger partial charge is 0.422 e. The summed E-state index contributed by atoms with van der Waals surface area (Å²) >= 11 is 0. The Morgan fingerprint density at radius 1 is 1.09 bits per heavy atom. The Morgan fingerprint density at radius 2 is 1.85 bits per heavy atom. The van der Waals surface area contributed by atoms with Crippen LogP contribution in [0.2, 0.25) is 0 Å². The highest BCUT2D eigenvalue weighted by atomic mass is 19.4. The van der Waals surface area contributed by atoms with Gasteiger partial charge in [0.25, 0.3) is 0 Å². The van der Waals surface area contributed by atoms with Crippen molar-refractivity contribution < 1.29 is 17.9 Å². The van der Waals surface area contributed by atoms with Gasteiger partial charge in [0.2, 0.25) is 5.95 Å². The van der Waals surface area contributed by atoms with Crippen LogP contribution in [0.5, 0.6) is 5.75 Å². The maximum atomic E-state index is 12.8. The normalized spacial score (nSPS) is 24.6. The SMILES string of the molecule is Cc1cc(N2C[C@H]3CC[C@@H](C2)[C@H]3Nc2nc3c(OCC(F)(F)F)ccc(C4CC4)n3n2)ncn1. The molecule has 6 rings (SSSR count). The Morgan fingerprint density at radius 3 is 2.53 bits per heavy atom. The van der Waals surface area contributed by atoms with Crippen LogP contribution in [0.25, 0.3) is 5.65 Å². The number of halogens is 3. The van der Waals surface area contributed by atoms with E-state index in [-0.39, 0.29) is 11.8 Å². The van der Waals surface area contributed by atoms with Crippen LogP contribution in [0.15, 0.2) is 24.5 Å². The number of hydrogen-bond donors (Lipinski definition) is 1. The molecule has 3 atom stereocenters. The third kappa shape index (κ3) is 4.12. The molecule has 180 valence electrons. The minimum absolute atomic E-state index is 0.0965. The number of rotatable bonds is 6. The molecule has 11 heteroatoms. The van der Waals surface area contributed by atoms with Crippen molar-refractivity contribution >= 4 is 17.4 Å². The van der Waals surface area contributed by atoms with E-state index in [1.165, 1.54) is 0 Å². The van der Waals surface area contributed by atoms with E-state index in [0.717, 1.165) is 56.0 Å². The number of piperidine rings is 1. The molecular formula is C23H26F3N7O. The Balaban J connectivity index is 1.24. The molecule has 0 amide bonds. The number of nitrogens with zero attached hydrogens (tertiary/aromatic N) is 6. The lowest BCUT2D eigenvalue weighted by Crippen LogP contribution is -2.48. The van der Waals surface area contributed by atoms with Gasteiger partial charge in [-0.05, 0) is 56.6 Å². The molecule has 4 heterocycles. The van der Waals surface area contributed by atoms with Gasteiger partial charge in [0.1, 0.15) is 12.1 Å². The third-order valence-electron chi connectivity index (χ3n) is 7.11. The average molecular weight is 474 g/mol. The Bertz CT molecular complexity index is 1190. The van der Waals surface area contributed by atoms with Gasteiger partial charge in [-0.15, -0.1) is 5.10 Å². The van der Waals surface area contributed by atoms with E-state index >= 15 is 0 Å². The van der Waals surface area contributed by atoms with Crippen molar-refractivity contribution in [2.45, 2.75) is 50.7 Å². The maximum Gasteiger partial charge on any atom is 0.422 e. The number of hydrogen-bond acceptors (Lipinski definition) is 7. The molecule has 2 saturated carbocycles. The summed E-state index contributed by atoms with van der Waals surface area (Å²) in [4.78, 5) is 15.5. The Labute approximate surface area is 194 Å². The predicted octanol–water partition coefficient (Wildman–Crippen LogP) is 3.97. The average Bonchev–Trinajstić information content (AvgIpc) is 3.50. The van der Waals surface area contributed by atoms with Crippen molar-refractivity contribution in [2.24, 2.45) is 11.8 Å². The van der Waals surface area contributed by atoms with Crippen LogP contribution in [0.1, 0.15) is 43.0 Å². The number of alkyl halides is 3.